The Labute approximate surface area is 100 Å². The molecule has 1 fully saturated rings. The maximum Gasteiger partial charge on any atom is 0.303 e. The molecule has 1 aromatic rings. The van der Waals surface area contributed by atoms with E-state index in [4.69, 9.17) is 9.84 Å². The number of anilines is 1. The van der Waals surface area contributed by atoms with Crippen molar-refractivity contribution in [1.29, 1.82) is 0 Å². The zero-order valence-corrected chi connectivity index (χ0v) is 9.80. The summed E-state index contributed by atoms with van der Waals surface area (Å²) in [5.74, 6) is 0.164. The van der Waals surface area contributed by atoms with E-state index in [-0.39, 0.29) is 12.3 Å². The molecule has 1 aromatic heterocycles. The highest BCUT2D eigenvalue weighted by Crippen LogP contribution is 2.26. The van der Waals surface area contributed by atoms with E-state index >= 15 is 0 Å². The van der Waals surface area contributed by atoms with Crippen LogP contribution in [0.1, 0.15) is 13.3 Å². The van der Waals surface area contributed by atoms with Crippen LogP contribution in [0.25, 0.3) is 0 Å². The van der Waals surface area contributed by atoms with Crippen LogP contribution < -0.4 is 9.64 Å². The van der Waals surface area contributed by atoms with Crippen molar-refractivity contribution in [3.8, 4) is 5.88 Å². The molecule has 0 amide bonds. The van der Waals surface area contributed by atoms with Gasteiger partial charge in [-0.3, -0.25) is 4.79 Å². The number of nitrogens with zero attached hydrogens (tertiary/aromatic N) is 2. The Morgan fingerprint density at radius 3 is 2.88 bits per heavy atom. The second-order valence-electron chi connectivity index (χ2n) is 4.16. The van der Waals surface area contributed by atoms with Gasteiger partial charge in [-0.1, -0.05) is 0 Å². The van der Waals surface area contributed by atoms with E-state index in [1.54, 1.807) is 6.20 Å². The van der Waals surface area contributed by atoms with Crippen molar-refractivity contribution in [2.45, 2.75) is 13.3 Å². The maximum atomic E-state index is 10.5. The van der Waals surface area contributed by atoms with Crippen LogP contribution in [-0.4, -0.2) is 35.8 Å². The van der Waals surface area contributed by atoms with Gasteiger partial charge in [0.15, 0.2) is 0 Å². The summed E-state index contributed by atoms with van der Waals surface area (Å²) in [4.78, 5) is 16.8. The van der Waals surface area contributed by atoms with Crippen LogP contribution in [0.15, 0.2) is 18.3 Å². The Morgan fingerprint density at radius 1 is 1.59 bits per heavy atom. The van der Waals surface area contributed by atoms with E-state index < -0.39 is 5.97 Å². The average molecular weight is 236 g/mol. The van der Waals surface area contributed by atoms with E-state index in [0.717, 1.165) is 18.8 Å². The Bertz CT molecular complexity index is 385. The summed E-state index contributed by atoms with van der Waals surface area (Å²) in [6, 6.07) is 3.79. The fourth-order valence-corrected chi connectivity index (χ4v) is 1.95. The summed E-state index contributed by atoms with van der Waals surface area (Å²) >= 11 is 0. The van der Waals surface area contributed by atoms with Crippen LogP contribution in [0.2, 0.25) is 0 Å². The van der Waals surface area contributed by atoms with Crippen LogP contribution in [0, 0.1) is 5.92 Å². The lowest BCUT2D eigenvalue weighted by atomic mass is 9.96. The lowest BCUT2D eigenvalue weighted by molar-refractivity contribution is -0.138. The number of ether oxygens (including phenoxy) is 1. The minimum atomic E-state index is -0.723. The van der Waals surface area contributed by atoms with Crippen LogP contribution >= 0.6 is 0 Å². The summed E-state index contributed by atoms with van der Waals surface area (Å²) in [6.45, 7) is 4.11. The highest BCUT2D eigenvalue weighted by Gasteiger charge is 2.28. The second kappa shape index (κ2) is 5.03. The van der Waals surface area contributed by atoms with Gasteiger partial charge in [-0.15, -0.1) is 0 Å². The third-order valence-corrected chi connectivity index (χ3v) is 2.80. The fourth-order valence-electron chi connectivity index (χ4n) is 1.95. The van der Waals surface area contributed by atoms with Gasteiger partial charge in [0.05, 0.1) is 24.9 Å². The second-order valence-corrected chi connectivity index (χ2v) is 4.16. The van der Waals surface area contributed by atoms with Gasteiger partial charge in [-0.05, 0) is 13.0 Å². The van der Waals surface area contributed by atoms with E-state index in [1.807, 2.05) is 19.1 Å². The lowest BCUT2D eigenvalue weighted by Gasteiger charge is -2.40. The molecule has 0 atom stereocenters. The zero-order valence-electron chi connectivity index (χ0n) is 9.80. The Hall–Kier alpha value is -1.78. The monoisotopic (exact) mass is 236 g/mol. The van der Waals surface area contributed by atoms with Crippen molar-refractivity contribution in [2.75, 3.05) is 24.6 Å². The van der Waals surface area contributed by atoms with E-state index in [9.17, 15) is 4.79 Å². The number of carboxylic acids is 1. The van der Waals surface area contributed by atoms with Gasteiger partial charge in [-0.25, -0.2) is 4.98 Å². The minimum Gasteiger partial charge on any atom is -0.481 e. The maximum absolute atomic E-state index is 10.5. The summed E-state index contributed by atoms with van der Waals surface area (Å²) in [7, 11) is 0. The molecule has 5 heteroatoms. The molecule has 5 nitrogen and oxygen atoms in total. The van der Waals surface area contributed by atoms with Gasteiger partial charge in [0.2, 0.25) is 5.88 Å². The molecular weight excluding hydrogens is 220 g/mol. The molecule has 2 heterocycles. The highest BCUT2D eigenvalue weighted by molar-refractivity contribution is 5.67. The standard InChI is InChI=1S/C12H16N2O3/c1-2-17-11-4-3-10(6-13-11)14-7-9(8-14)5-12(15)16/h3-4,6,9H,2,5,7-8H2,1H3,(H,15,16). The molecule has 0 saturated carbocycles. The molecule has 1 aliphatic heterocycles. The van der Waals surface area contributed by atoms with Gasteiger partial charge in [-0.2, -0.15) is 0 Å². The third kappa shape index (κ3) is 2.87. The quantitative estimate of drug-likeness (QED) is 0.837. The lowest BCUT2D eigenvalue weighted by Crippen LogP contribution is -2.47. The van der Waals surface area contributed by atoms with Gasteiger partial charge >= 0.3 is 5.97 Å². The zero-order chi connectivity index (χ0) is 12.3. The first kappa shape index (κ1) is 11.7. The number of aromatic nitrogens is 1. The first-order valence-electron chi connectivity index (χ1n) is 5.74. The van der Waals surface area contributed by atoms with E-state index in [1.165, 1.54) is 0 Å². The van der Waals surface area contributed by atoms with Gasteiger partial charge in [0.25, 0.3) is 0 Å². The molecule has 0 aliphatic carbocycles. The molecule has 0 unspecified atom stereocenters. The summed E-state index contributed by atoms with van der Waals surface area (Å²) in [5, 5.41) is 8.65. The van der Waals surface area contributed by atoms with E-state index in [2.05, 4.69) is 9.88 Å². The van der Waals surface area contributed by atoms with Crippen molar-refractivity contribution in [2.24, 2.45) is 5.92 Å². The van der Waals surface area contributed by atoms with Crippen molar-refractivity contribution >= 4 is 11.7 Å². The Balaban J connectivity index is 1.86. The normalized spacial score (nSPS) is 15.5. The van der Waals surface area contributed by atoms with Crippen molar-refractivity contribution < 1.29 is 14.6 Å². The molecule has 92 valence electrons. The Kier molecular flexibility index (Phi) is 3.46. The number of hydrogen-bond acceptors (Lipinski definition) is 4. The van der Waals surface area contributed by atoms with Crippen LogP contribution in [0.3, 0.4) is 0 Å². The molecule has 0 bridgehead atoms. The number of pyridine rings is 1. The number of rotatable bonds is 5. The molecule has 17 heavy (non-hydrogen) atoms. The predicted octanol–water partition coefficient (Wildman–Crippen LogP) is 1.39. The van der Waals surface area contributed by atoms with Crippen LogP contribution in [0.5, 0.6) is 5.88 Å². The Morgan fingerprint density at radius 2 is 2.35 bits per heavy atom. The van der Waals surface area contributed by atoms with Crippen molar-refractivity contribution in [3.05, 3.63) is 18.3 Å². The predicted molar refractivity (Wildman–Crippen MR) is 63.4 cm³/mol. The molecule has 0 spiro atoms. The molecular formula is C12H16N2O3. The van der Waals surface area contributed by atoms with Crippen molar-refractivity contribution in [3.63, 3.8) is 0 Å². The number of carboxylic acid groups (broad SMARTS) is 1. The van der Waals surface area contributed by atoms with E-state index in [0.29, 0.717) is 12.5 Å². The number of aliphatic carboxylic acids is 1. The molecule has 1 aliphatic rings. The van der Waals surface area contributed by atoms with Gasteiger partial charge in [0, 0.05) is 25.1 Å². The minimum absolute atomic E-state index is 0.251. The van der Waals surface area contributed by atoms with Gasteiger partial charge in [0.1, 0.15) is 0 Å². The SMILES string of the molecule is CCOc1ccc(N2CC(CC(=O)O)C2)cn1. The smallest absolute Gasteiger partial charge is 0.303 e. The first-order valence-corrected chi connectivity index (χ1v) is 5.74. The summed E-state index contributed by atoms with van der Waals surface area (Å²) in [6.07, 6.45) is 2.02. The number of carbonyl (C=O) groups is 1. The van der Waals surface area contributed by atoms with Gasteiger partial charge < -0.3 is 14.7 Å². The number of hydrogen-bond donors (Lipinski definition) is 1. The highest BCUT2D eigenvalue weighted by atomic mass is 16.5. The molecule has 2 rings (SSSR count). The van der Waals surface area contributed by atoms with Crippen molar-refractivity contribution in [1.82, 2.24) is 4.98 Å². The molecule has 1 saturated heterocycles. The topological polar surface area (TPSA) is 62.7 Å². The summed E-state index contributed by atoms with van der Waals surface area (Å²) in [5.41, 5.74) is 1.02. The third-order valence-electron chi connectivity index (χ3n) is 2.80. The fraction of sp³-hybridized carbons (Fsp3) is 0.500. The average Bonchev–Trinajstić information content (AvgIpc) is 2.24. The largest absolute Gasteiger partial charge is 0.481 e. The van der Waals surface area contributed by atoms with Crippen LogP contribution in [-0.2, 0) is 4.79 Å². The first-order chi connectivity index (χ1) is 8.19. The van der Waals surface area contributed by atoms with Crippen LogP contribution in [0.4, 0.5) is 5.69 Å². The molecule has 1 N–H and O–H groups in total. The molecule has 0 aromatic carbocycles. The summed E-state index contributed by atoms with van der Waals surface area (Å²) < 4.78 is 5.26. The molecule has 0 radical (unpaired) electrons.